The predicted octanol–water partition coefficient (Wildman–Crippen LogP) is -5.76. The maximum Gasteiger partial charge on any atom is 1.00 e. The van der Waals surface area contributed by atoms with Crippen molar-refractivity contribution in [1.82, 2.24) is 0 Å². The molecule has 116 valence electrons. The molecule has 2 radical (unpaired) electrons. The van der Waals surface area contributed by atoms with Crippen molar-refractivity contribution in [1.29, 1.82) is 0 Å². The van der Waals surface area contributed by atoms with E-state index in [0.717, 1.165) is 3.57 Å². The predicted molar refractivity (Wildman–Crippen MR) is 88.0 cm³/mol. The third-order valence-electron chi connectivity index (χ3n) is 2.45. The van der Waals surface area contributed by atoms with Crippen LogP contribution in [0.2, 0.25) is 4.94 Å². The van der Waals surface area contributed by atoms with E-state index in [4.69, 9.17) is 0 Å². The average molecular weight is 565 g/mol. The van der Waals surface area contributed by atoms with E-state index in [9.17, 15) is 19.8 Å². The molecule has 2 aromatic rings. The van der Waals surface area contributed by atoms with Gasteiger partial charge in [-0.25, -0.2) is 0 Å². The molecule has 0 aliphatic rings. The zero-order valence-electron chi connectivity index (χ0n) is 13.5. The summed E-state index contributed by atoms with van der Waals surface area (Å²) in [5, 5.41) is 20.6. The van der Waals surface area contributed by atoms with Crippen LogP contribution in [0.15, 0.2) is 48.5 Å². The number of carbonyl (C=O) groups is 2. The molecule has 0 unspecified atom stereocenters. The minimum atomic E-state index is -1.13. The van der Waals surface area contributed by atoms with Crippen LogP contribution in [0.25, 0.3) is 0 Å². The smallest absolute Gasteiger partial charge is 1.00 e. The molecule has 0 saturated heterocycles. The summed E-state index contributed by atoms with van der Waals surface area (Å²) in [6.45, 7) is 0. The second-order valence-electron chi connectivity index (χ2n) is 3.92. The number of carboxylic acids is 2. The van der Waals surface area contributed by atoms with E-state index in [-0.39, 0.29) is 69.4 Å². The number of aromatic carboxylic acids is 2. The fourth-order valence-electron chi connectivity index (χ4n) is 1.42. The Morgan fingerprint density at radius 2 is 1.38 bits per heavy atom. The molecule has 0 N–H and O–H groups in total. The van der Waals surface area contributed by atoms with Crippen LogP contribution in [0.1, 0.15) is 20.7 Å². The monoisotopic (exact) mass is 566 g/mol. The van der Waals surface area contributed by atoms with Gasteiger partial charge in [0.2, 0.25) is 0 Å². The molecule has 0 atom stereocenters. The van der Waals surface area contributed by atoms with Gasteiger partial charge in [-0.05, 0) is 40.3 Å². The topological polar surface area (TPSA) is 80.3 Å². The number of carboxylic acid groups (broad SMARTS) is 2. The maximum atomic E-state index is 10.4. The first-order chi connectivity index (χ1) is 9.93. The Kier molecular flexibility index (Phi) is 19.8. The second-order valence-corrected chi connectivity index (χ2v) is 8.24. The molecule has 0 fully saturated rings. The number of rotatable bonds is 3. The second kappa shape index (κ2) is 16.0. The molecule has 9 heteroatoms. The van der Waals surface area contributed by atoms with E-state index in [2.05, 4.69) is 4.94 Å². The number of carbonyl (C=O) groups excluding carboxylic acids is 2. The van der Waals surface area contributed by atoms with Crippen LogP contribution in [-0.4, -0.2) is 33.1 Å². The van der Waals surface area contributed by atoms with Crippen LogP contribution in [-0.2, 0) is 0 Å². The van der Waals surface area contributed by atoms with Crippen LogP contribution in [0.3, 0.4) is 0 Å². The van der Waals surface area contributed by atoms with E-state index < -0.39 is 33.1 Å². The molecule has 2 aromatic carbocycles. The summed E-state index contributed by atoms with van der Waals surface area (Å²) in [4.78, 5) is 22.8. The van der Waals surface area contributed by atoms with Gasteiger partial charge in [-0.1, -0.05) is 12.1 Å². The standard InChI is InChI=1S/C7H5IO2.C7H5O2.CH3.FH.2Na.Sn/c8-6-3-1-2-5(4-6)7(9)10;8-7(9)6-4-2-1-3-5-6;;;;;/h1-4H,(H,9,10);1-2,4-5H,(H,8,9);1H3;1H;;;/q;;;;2*+1;/p-2/i8-2;;;;;;. The summed E-state index contributed by atoms with van der Waals surface area (Å²) < 4.78 is 2.09. The van der Waals surface area contributed by atoms with Crippen molar-refractivity contribution in [3.63, 3.8) is 0 Å². The Morgan fingerprint density at radius 1 is 0.917 bits per heavy atom. The van der Waals surface area contributed by atoms with E-state index in [1.54, 1.807) is 30.3 Å². The molecule has 0 amide bonds. The molecule has 0 aliphatic carbocycles. The van der Waals surface area contributed by atoms with Crippen LogP contribution in [0.5, 0.6) is 0 Å². The Labute approximate surface area is 208 Å². The van der Waals surface area contributed by atoms with Gasteiger partial charge in [-0.3, -0.25) is 4.70 Å². The molecule has 0 saturated carbocycles. The van der Waals surface area contributed by atoms with Gasteiger partial charge in [-0.2, -0.15) is 0 Å². The normalized spacial score (nSPS) is 8.25. The SMILES string of the molecule is F.O=C([O-])c1cccc([125I])c1.[CH3][Sn][c]1cccc(C(=O)[O-])c1.[Na+].[Na+]. The van der Waals surface area contributed by atoms with Crippen molar-refractivity contribution >= 4 is 59.3 Å². The van der Waals surface area contributed by atoms with Crippen molar-refractivity contribution in [2.45, 2.75) is 4.94 Å². The largest absolute Gasteiger partial charge is 1.00 e. The van der Waals surface area contributed by atoms with Gasteiger partial charge in [0.15, 0.2) is 0 Å². The summed E-state index contributed by atoms with van der Waals surface area (Å²) in [5.41, 5.74) is 0.525. The van der Waals surface area contributed by atoms with Gasteiger partial charge in [0.25, 0.3) is 0 Å². The number of hydrogen-bond donors (Lipinski definition) is 0. The summed E-state index contributed by atoms with van der Waals surface area (Å²) in [6, 6.07) is 13.6. The first-order valence-corrected chi connectivity index (χ1v) is 11.3. The molecule has 2 rings (SSSR count). The van der Waals surface area contributed by atoms with E-state index in [1.165, 1.54) is 9.65 Å². The van der Waals surface area contributed by atoms with E-state index in [1.807, 2.05) is 34.7 Å². The molecule has 0 bridgehead atoms. The van der Waals surface area contributed by atoms with Gasteiger partial charge in [0.05, 0.1) is 5.97 Å². The van der Waals surface area contributed by atoms with Gasteiger partial charge >= 0.3 is 134 Å². The molecule has 0 spiro atoms. The van der Waals surface area contributed by atoms with Gasteiger partial charge < -0.3 is 9.90 Å². The van der Waals surface area contributed by atoms with Crippen molar-refractivity contribution in [2.75, 3.05) is 0 Å². The first kappa shape index (κ1) is 29.6. The molecular weight excluding hydrogens is 553 g/mol. The third kappa shape index (κ3) is 11.5. The zero-order valence-corrected chi connectivity index (χ0v) is 22.5. The van der Waals surface area contributed by atoms with Gasteiger partial charge in [0, 0.05) is 3.57 Å². The average Bonchev–Trinajstić information content (AvgIpc) is 2.48. The molecular formula is C15H12FINa2O4Sn. The molecule has 0 aliphatic heterocycles. The quantitative estimate of drug-likeness (QED) is 0.275. The Morgan fingerprint density at radius 3 is 1.75 bits per heavy atom. The summed E-state index contributed by atoms with van der Waals surface area (Å²) in [7, 11) is 0. The van der Waals surface area contributed by atoms with Crippen LogP contribution in [0, 0.1) is 3.57 Å². The summed E-state index contributed by atoms with van der Waals surface area (Å²) in [6.07, 6.45) is 0. The van der Waals surface area contributed by atoms with Crippen LogP contribution in [0.4, 0.5) is 4.70 Å². The van der Waals surface area contributed by atoms with E-state index >= 15 is 0 Å². The summed E-state index contributed by atoms with van der Waals surface area (Å²) >= 11 is 1.55. The van der Waals surface area contributed by atoms with Crippen molar-refractivity contribution in [3.05, 3.63) is 63.2 Å². The Balaban J connectivity index is -0.000000328. The summed E-state index contributed by atoms with van der Waals surface area (Å²) in [5.74, 6) is -2.21. The fourth-order valence-corrected chi connectivity index (χ4v) is 3.57. The van der Waals surface area contributed by atoms with Crippen molar-refractivity contribution in [2.24, 2.45) is 0 Å². The van der Waals surface area contributed by atoms with Crippen LogP contribution < -0.4 is 72.9 Å². The Bertz CT molecular complexity index is 659. The number of benzene rings is 2. The van der Waals surface area contributed by atoms with Crippen molar-refractivity contribution < 1.29 is 83.6 Å². The molecule has 24 heavy (non-hydrogen) atoms. The maximum absolute atomic E-state index is 10.4. The van der Waals surface area contributed by atoms with E-state index in [0.29, 0.717) is 5.56 Å². The Hall–Kier alpha value is 0.839. The first-order valence-electron chi connectivity index (χ1n) is 5.90. The number of halogens is 2. The van der Waals surface area contributed by atoms with Crippen molar-refractivity contribution in [3.8, 4) is 0 Å². The minimum absolute atomic E-state index is 0. The molecule has 0 heterocycles. The number of hydrogen-bond acceptors (Lipinski definition) is 4. The third-order valence-corrected chi connectivity index (χ3v) is 5.65. The van der Waals surface area contributed by atoms with Gasteiger partial charge in [-0.15, -0.1) is 0 Å². The fraction of sp³-hybridized carbons (Fsp3) is 0.0667. The zero-order chi connectivity index (χ0) is 15.8. The van der Waals surface area contributed by atoms with Gasteiger partial charge in [0.1, 0.15) is 0 Å². The minimum Gasteiger partial charge on any atom is 1.00 e. The van der Waals surface area contributed by atoms with Crippen LogP contribution >= 0.6 is 22.6 Å². The molecule has 4 nitrogen and oxygen atoms in total. The molecule has 0 aromatic heterocycles.